The highest BCUT2D eigenvalue weighted by molar-refractivity contribution is 4.85. The molecule has 0 bridgehead atoms. The number of piperazine rings is 1. The van der Waals surface area contributed by atoms with Crippen molar-refractivity contribution in [1.82, 2.24) is 15.1 Å². The fourth-order valence-electron chi connectivity index (χ4n) is 2.89. The molecule has 2 atom stereocenters. The molecule has 0 saturated carbocycles. The number of piperidine rings is 1. The van der Waals surface area contributed by atoms with Crippen LogP contribution in [0.1, 0.15) is 26.2 Å². The fourth-order valence-corrected chi connectivity index (χ4v) is 2.89. The number of likely N-dealkylation sites (tertiary alicyclic amines) is 1. The van der Waals surface area contributed by atoms with E-state index in [1.54, 1.807) is 0 Å². The monoisotopic (exact) mass is 211 g/mol. The Hall–Kier alpha value is -0.120. The maximum Gasteiger partial charge on any atom is 0.0224 e. The Kier molecular flexibility index (Phi) is 4.00. The Morgan fingerprint density at radius 3 is 2.87 bits per heavy atom. The van der Waals surface area contributed by atoms with Crippen LogP contribution in [-0.2, 0) is 0 Å². The summed E-state index contributed by atoms with van der Waals surface area (Å²) in [6.07, 6.45) is 4.04. The van der Waals surface area contributed by atoms with E-state index in [4.69, 9.17) is 0 Å². The van der Waals surface area contributed by atoms with Crippen molar-refractivity contribution < 1.29 is 0 Å². The van der Waals surface area contributed by atoms with Crippen molar-refractivity contribution in [2.24, 2.45) is 0 Å². The van der Waals surface area contributed by atoms with Gasteiger partial charge in [0.2, 0.25) is 0 Å². The molecule has 2 fully saturated rings. The second-order valence-corrected chi connectivity index (χ2v) is 5.11. The number of rotatable bonds is 2. The van der Waals surface area contributed by atoms with Gasteiger partial charge in [-0.25, -0.2) is 0 Å². The molecule has 3 nitrogen and oxygen atoms in total. The topological polar surface area (TPSA) is 18.5 Å². The van der Waals surface area contributed by atoms with Gasteiger partial charge in [0, 0.05) is 38.3 Å². The standard InChI is InChI=1S/C12H25N3/c1-3-11-9-15(8-6-13-11)12-5-4-7-14(2)10-12/h11-13H,3-10H2,1-2H3. The van der Waals surface area contributed by atoms with E-state index in [0.717, 1.165) is 12.1 Å². The second kappa shape index (κ2) is 5.28. The zero-order valence-corrected chi connectivity index (χ0v) is 10.2. The zero-order chi connectivity index (χ0) is 10.7. The van der Waals surface area contributed by atoms with E-state index in [-0.39, 0.29) is 0 Å². The van der Waals surface area contributed by atoms with Crippen LogP contribution >= 0.6 is 0 Å². The van der Waals surface area contributed by atoms with Crippen LogP contribution in [0, 0.1) is 0 Å². The summed E-state index contributed by atoms with van der Waals surface area (Å²) in [5.41, 5.74) is 0. The summed E-state index contributed by atoms with van der Waals surface area (Å²) in [6.45, 7) is 8.53. The quantitative estimate of drug-likeness (QED) is 0.728. The van der Waals surface area contributed by atoms with Crippen LogP contribution in [0.15, 0.2) is 0 Å². The summed E-state index contributed by atoms with van der Waals surface area (Å²) in [5, 5.41) is 3.59. The van der Waals surface area contributed by atoms with Crippen molar-refractivity contribution in [3.63, 3.8) is 0 Å². The number of nitrogens with zero attached hydrogens (tertiary/aromatic N) is 2. The first-order chi connectivity index (χ1) is 7.29. The zero-order valence-electron chi connectivity index (χ0n) is 10.2. The molecule has 0 radical (unpaired) electrons. The minimum Gasteiger partial charge on any atom is -0.311 e. The molecular weight excluding hydrogens is 186 g/mol. The van der Waals surface area contributed by atoms with Crippen LogP contribution in [-0.4, -0.2) is 61.7 Å². The molecule has 1 N–H and O–H groups in total. The predicted octanol–water partition coefficient (Wildman–Crippen LogP) is 0.764. The summed E-state index contributed by atoms with van der Waals surface area (Å²) in [6, 6.07) is 1.55. The smallest absolute Gasteiger partial charge is 0.0224 e. The van der Waals surface area contributed by atoms with Crippen LogP contribution < -0.4 is 5.32 Å². The molecule has 88 valence electrons. The van der Waals surface area contributed by atoms with Crippen LogP contribution in [0.2, 0.25) is 0 Å². The molecule has 2 aliphatic heterocycles. The summed E-state index contributed by atoms with van der Waals surface area (Å²) >= 11 is 0. The van der Waals surface area contributed by atoms with Gasteiger partial charge in [0.25, 0.3) is 0 Å². The average Bonchev–Trinajstić information content (AvgIpc) is 2.29. The summed E-state index contributed by atoms with van der Waals surface area (Å²) in [5.74, 6) is 0. The van der Waals surface area contributed by atoms with E-state index in [2.05, 4.69) is 29.1 Å². The Bertz CT molecular complexity index is 195. The lowest BCUT2D eigenvalue weighted by Crippen LogP contribution is -2.57. The molecule has 2 rings (SSSR count). The first-order valence-electron chi connectivity index (χ1n) is 6.45. The first kappa shape index (κ1) is 11.4. The lowest BCUT2D eigenvalue weighted by atomic mass is 10.0. The third-order valence-electron chi connectivity index (χ3n) is 3.90. The molecule has 0 aromatic rings. The van der Waals surface area contributed by atoms with Gasteiger partial charge in [-0.05, 0) is 32.9 Å². The molecule has 0 amide bonds. The average molecular weight is 211 g/mol. The van der Waals surface area contributed by atoms with Crippen molar-refractivity contribution in [2.45, 2.75) is 38.3 Å². The van der Waals surface area contributed by atoms with E-state index < -0.39 is 0 Å². The van der Waals surface area contributed by atoms with Gasteiger partial charge in [0.1, 0.15) is 0 Å². The van der Waals surface area contributed by atoms with Gasteiger partial charge in [-0.2, -0.15) is 0 Å². The molecular formula is C12H25N3. The van der Waals surface area contributed by atoms with Crippen molar-refractivity contribution in [2.75, 3.05) is 39.8 Å². The number of hydrogen-bond acceptors (Lipinski definition) is 3. The molecule has 3 heteroatoms. The van der Waals surface area contributed by atoms with E-state index in [1.165, 1.54) is 52.0 Å². The Morgan fingerprint density at radius 1 is 1.27 bits per heavy atom. The van der Waals surface area contributed by atoms with Gasteiger partial charge < -0.3 is 10.2 Å². The number of nitrogens with one attached hydrogen (secondary N) is 1. The third-order valence-corrected chi connectivity index (χ3v) is 3.90. The van der Waals surface area contributed by atoms with Gasteiger partial charge in [0.15, 0.2) is 0 Å². The van der Waals surface area contributed by atoms with E-state index in [9.17, 15) is 0 Å². The fraction of sp³-hybridized carbons (Fsp3) is 1.00. The molecule has 0 aliphatic carbocycles. The molecule has 2 saturated heterocycles. The Balaban J connectivity index is 1.86. The first-order valence-corrected chi connectivity index (χ1v) is 6.45. The van der Waals surface area contributed by atoms with E-state index in [1.807, 2.05) is 0 Å². The molecule has 0 spiro atoms. The van der Waals surface area contributed by atoms with Crippen molar-refractivity contribution >= 4 is 0 Å². The number of likely N-dealkylation sites (N-methyl/N-ethyl adjacent to an activating group) is 1. The second-order valence-electron chi connectivity index (χ2n) is 5.11. The molecule has 0 aromatic carbocycles. The van der Waals surface area contributed by atoms with E-state index >= 15 is 0 Å². The largest absolute Gasteiger partial charge is 0.311 e. The van der Waals surface area contributed by atoms with Crippen LogP contribution in [0.4, 0.5) is 0 Å². The van der Waals surface area contributed by atoms with Crippen LogP contribution in [0.25, 0.3) is 0 Å². The third kappa shape index (κ3) is 2.92. The maximum atomic E-state index is 3.59. The molecule has 2 unspecified atom stereocenters. The lowest BCUT2D eigenvalue weighted by molar-refractivity contribution is 0.0840. The SMILES string of the molecule is CCC1CN(C2CCCN(C)C2)CCN1. The molecule has 2 heterocycles. The minimum absolute atomic E-state index is 0.728. The highest BCUT2D eigenvalue weighted by Crippen LogP contribution is 2.16. The highest BCUT2D eigenvalue weighted by atomic mass is 15.3. The van der Waals surface area contributed by atoms with Crippen molar-refractivity contribution in [1.29, 1.82) is 0 Å². The van der Waals surface area contributed by atoms with Gasteiger partial charge in [-0.3, -0.25) is 4.90 Å². The van der Waals surface area contributed by atoms with Crippen molar-refractivity contribution in [3.05, 3.63) is 0 Å². The van der Waals surface area contributed by atoms with Crippen molar-refractivity contribution in [3.8, 4) is 0 Å². The minimum atomic E-state index is 0.728. The molecule has 15 heavy (non-hydrogen) atoms. The van der Waals surface area contributed by atoms with Crippen LogP contribution in [0.3, 0.4) is 0 Å². The Labute approximate surface area is 93.8 Å². The van der Waals surface area contributed by atoms with Gasteiger partial charge in [0.05, 0.1) is 0 Å². The van der Waals surface area contributed by atoms with Gasteiger partial charge >= 0.3 is 0 Å². The van der Waals surface area contributed by atoms with Crippen LogP contribution in [0.5, 0.6) is 0 Å². The summed E-state index contributed by atoms with van der Waals surface area (Å²) in [7, 11) is 2.26. The summed E-state index contributed by atoms with van der Waals surface area (Å²) < 4.78 is 0. The normalized spacial score (nSPS) is 35.6. The Morgan fingerprint density at radius 2 is 2.13 bits per heavy atom. The highest BCUT2D eigenvalue weighted by Gasteiger charge is 2.27. The maximum absolute atomic E-state index is 3.59. The lowest BCUT2D eigenvalue weighted by Gasteiger charge is -2.42. The van der Waals surface area contributed by atoms with Gasteiger partial charge in [-0.1, -0.05) is 6.92 Å². The van der Waals surface area contributed by atoms with E-state index in [0.29, 0.717) is 0 Å². The molecule has 2 aliphatic rings. The van der Waals surface area contributed by atoms with Gasteiger partial charge in [-0.15, -0.1) is 0 Å². The predicted molar refractivity (Wildman–Crippen MR) is 64.2 cm³/mol. The molecule has 0 aromatic heterocycles. The summed E-state index contributed by atoms with van der Waals surface area (Å²) in [4.78, 5) is 5.19. The number of hydrogen-bond donors (Lipinski definition) is 1.